The number of nitrogen functional groups attached to an aromatic ring is 1. The minimum Gasteiger partial charge on any atom is -0.397 e. The lowest BCUT2D eigenvalue weighted by molar-refractivity contribution is 0.0429. The smallest absolute Gasteiger partial charge is 0.172 e. The number of hydrogen-bond donors (Lipinski definition) is 2. The maximum Gasteiger partial charge on any atom is 0.172 e. The van der Waals surface area contributed by atoms with Crippen LogP contribution in [0.25, 0.3) is 28.0 Å². The zero-order chi connectivity index (χ0) is 20.7. The van der Waals surface area contributed by atoms with E-state index in [-0.39, 0.29) is 6.10 Å². The van der Waals surface area contributed by atoms with Gasteiger partial charge in [0, 0.05) is 17.1 Å². The molecule has 1 fully saturated rings. The topological polar surface area (TPSA) is 103 Å². The molecule has 0 spiro atoms. The van der Waals surface area contributed by atoms with Crippen molar-refractivity contribution < 1.29 is 5.11 Å². The highest BCUT2D eigenvalue weighted by molar-refractivity contribution is 5.85. The Bertz CT molecular complexity index is 1210. The Balaban J connectivity index is 1.52. The first-order chi connectivity index (χ1) is 14.6. The summed E-state index contributed by atoms with van der Waals surface area (Å²) in [6.45, 7) is 2.06. The number of aromatic nitrogens is 5. The van der Waals surface area contributed by atoms with Gasteiger partial charge in [0.15, 0.2) is 5.82 Å². The Morgan fingerprint density at radius 2 is 1.97 bits per heavy atom. The molecule has 0 aliphatic heterocycles. The molecule has 5 rings (SSSR count). The first kappa shape index (κ1) is 18.7. The number of nitrogens with two attached hydrogens (primary N) is 1. The van der Waals surface area contributed by atoms with Crippen molar-refractivity contribution in [2.24, 2.45) is 5.92 Å². The Labute approximate surface area is 174 Å². The van der Waals surface area contributed by atoms with Gasteiger partial charge in [-0.25, -0.2) is 9.67 Å². The van der Waals surface area contributed by atoms with Crippen molar-refractivity contribution >= 4 is 16.6 Å². The minimum absolute atomic E-state index is 0.170. The Morgan fingerprint density at radius 3 is 2.77 bits per heavy atom. The molecule has 3 N–H and O–H groups in total. The van der Waals surface area contributed by atoms with Crippen LogP contribution in [0, 0.1) is 5.92 Å². The fourth-order valence-electron chi connectivity index (χ4n) is 4.00. The van der Waals surface area contributed by atoms with E-state index >= 15 is 0 Å². The van der Waals surface area contributed by atoms with Gasteiger partial charge in [0.05, 0.1) is 46.8 Å². The van der Waals surface area contributed by atoms with E-state index in [1.54, 1.807) is 12.4 Å². The third-order valence-electron chi connectivity index (χ3n) is 5.82. The largest absolute Gasteiger partial charge is 0.397 e. The van der Waals surface area contributed by atoms with E-state index in [0.717, 1.165) is 59.2 Å². The molecule has 0 bridgehead atoms. The highest BCUT2D eigenvalue weighted by Gasteiger charge is 2.28. The van der Waals surface area contributed by atoms with Gasteiger partial charge >= 0.3 is 0 Å². The van der Waals surface area contributed by atoms with Crippen molar-refractivity contribution in [3.8, 4) is 17.1 Å². The third-order valence-corrected chi connectivity index (χ3v) is 5.82. The van der Waals surface area contributed by atoms with E-state index < -0.39 is 0 Å². The van der Waals surface area contributed by atoms with Gasteiger partial charge in [-0.3, -0.25) is 9.97 Å². The van der Waals surface area contributed by atoms with Gasteiger partial charge in [-0.15, -0.1) is 0 Å². The van der Waals surface area contributed by atoms with Crippen molar-refractivity contribution in [2.75, 3.05) is 5.73 Å². The number of aliphatic hydroxyl groups excluding tert-OH is 1. The van der Waals surface area contributed by atoms with Crippen LogP contribution >= 0.6 is 0 Å². The highest BCUT2D eigenvalue weighted by Crippen LogP contribution is 2.32. The second kappa shape index (κ2) is 7.50. The standard InChI is InChI=1S/C23H24N6O/c1-2-17-12-25-13-23(27-17)29-22-10-15(3-4-16(22)11-26-29)20-6-5-19(24)21(28-20)9-14-7-18(30)8-14/h3-6,10-14,18,30H,2,7-9,24H2,1H3. The van der Waals surface area contributed by atoms with E-state index in [0.29, 0.717) is 17.4 Å². The monoisotopic (exact) mass is 400 g/mol. The molecule has 152 valence electrons. The van der Waals surface area contributed by atoms with Crippen LogP contribution < -0.4 is 5.73 Å². The summed E-state index contributed by atoms with van der Waals surface area (Å²) >= 11 is 0. The zero-order valence-corrected chi connectivity index (χ0v) is 16.9. The number of fused-ring (bicyclic) bond motifs is 1. The normalized spacial score (nSPS) is 18.5. The van der Waals surface area contributed by atoms with Crippen molar-refractivity contribution in [2.45, 2.75) is 38.7 Å². The molecular weight excluding hydrogens is 376 g/mol. The molecular formula is C23H24N6O. The number of nitrogens with zero attached hydrogens (tertiary/aromatic N) is 5. The first-order valence-electron chi connectivity index (χ1n) is 10.3. The molecule has 0 amide bonds. The summed E-state index contributed by atoms with van der Waals surface area (Å²) in [5, 5.41) is 15.1. The molecule has 1 aromatic carbocycles. The molecule has 1 aliphatic rings. The number of pyridine rings is 1. The summed E-state index contributed by atoms with van der Waals surface area (Å²) in [5.41, 5.74) is 11.5. The second-order valence-electron chi connectivity index (χ2n) is 7.98. The van der Waals surface area contributed by atoms with Gasteiger partial charge in [-0.2, -0.15) is 5.10 Å². The Morgan fingerprint density at radius 1 is 1.10 bits per heavy atom. The average molecular weight is 400 g/mol. The molecule has 1 saturated carbocycles. The van der Waals surface area contributed by atoms with Gasteiger partial charge in [0.1, 0.15) is 0 Å². The number of hydrogen-bond acceptors (Lipinski definition) is 6. The number of aliphatic hydroxyl groups is 1. The van der Waals surface area contributed by atoms with Gasteiger partial charge in [0.25, 0.3) is 0 Å². The summed E-state index contributed by atoms with van der Waals surface area (Å²) in [4.78, 5) is 13.8. The van der Waals surface area contributed by atoms with Gasteiger partial charge in [-0.1, -0.05) is 19.1 Å². The minimum atomic E-state index is -0.170. The highest BCUT2D eigenvalue weighted by atomic mass is 16.3. The van der Waals surface area contributed by atoms with Crippen molar-refractivity contribution in [1.82, 2.24) is 24.7 Å². The lowest BCUT2D eigenvalue weighted by Crippen LogP contribution is -2.30. The van der Waals surface area contributed by atoms with Crippen LogP contribution in [0.1, 0.15) is 31.2 Å². The lowest BCUT2D eigenvalue weighted by atomic mass is 9.79. The number of benzene rings is 1. The molecule has 0 unspecified atom stereocenters. The quantitative estimate of drug-likeness (QED) is 0.533. The Kier molecular flexibility index (Phi) is 4.67. The van der Waals surface area contributed by atoms with Gasteiger partial charge < -0.3 is 10.8 Å². The first-order valence-corrected chi connectivity index (χ1v) is 10.3. The SMILES string of the molecule is CCc1cncc(-n2ncc3ccc(-c4ccc(N)c(CC5CC(O)C5)n4)cc32)n1. The summed E-state index contributed by atoms with van der Waals surface area (Å²) < 4.78 is 1.82. The molecule has 4 aromatic rings. The lowest BCUT2D eigenvalue weighted by Gasteiger charge is -2.31. The maximum absolute atomic E-state index is 9.56. The summed E-state index contributed by atoms with van der Waals surface area (Å²) in [5.74, 6) is 1.16. The van der Waals surface area contributed by atoms with Gasteiger partial charge in [-0.05, 0) is 49.8 Å². The van der Waals surface area contributed by atoms with Crippen LogP contribution in [0.4, 0.5) is 5.69 Å². The summed E-state index contributed by atoms with van der Waals surface area (Å²) in [6, 6.07) is 10.1. The average Bonchev–Trinajstić information content (AvgIpc) is 3.17. The van der Waals surface area contributed by atoms with Crippen LogP contribution in [0.15, 0.2) is 48.9 Å². The predicted molar refractivity (Wildman–Crippen MR) is 116 cm³/mol. The second-order valence-corrected chi connectivity index (χ2v) is 7.98. The molecule has 7 nitrogen and oxygen atoms in total. The van der Waals surface area contributed by atoms with Crippen LogP contribution in [0.3, 0.4) is 0 Å². The number of rotatable bonds is 5. The van der Waals surface area contributed by atoms with Crippen molar-refractivity contribution in [3.05, 3.63) is 60.3 Å². The zero-order valence-electron chi connectivity index (χ0n) is 16.9. The van der Waals surface area contributed by atoms with E-state index in [1.807, 2.05) is 29.1 Å². The van der Waals surface area contributed by atoms with Crippen molar-refractivity contribution in [3.63, 3.8) is 0 Å². The fraction of sp³-hybridized carbons (Fsp3) is 0.304. The molecule has 0 saturated heterocycles. The third kappa shape index (κ3) is 3.41. The molecule has 30 heavy (non-hydrogen) atoms. The number of anilines is 1. The molecule has 7 heteroatoms. The molecule has 0 atom stereocenters. The molecule has 3 aromatic heterocycles. The fourth-order valence-corrected chi connectivity index (χ4v) is 4.00. The predicted octanol–water partition coefficient (Wildman–Crippen LogP) is 3.34. The summed E-state index contributed by atoms with van der Waals surface area (Å²) in [6.07, 6.45) is 8.45. The van der Waals surface area contributed by atoms with Crippen LogP contribution in [-0.2, 0) is 12.8 Å². The van der Waals surface area contributed by atoms with E-state index in [4.69, 9.17) is 10.7 Å². The van der Waals surface area contributed by atoms with Crippen LogP contribution in [0.5, 0.6) is 0 Å². The van der Waals surface area contributed by atoms with E-state index in [9.17, 15) is 5.11 Å². The summed E-state index contributed by atoms with van der Waals surface area (Å²) in [7, 11) is 0. The molecule has 1 aliphatic carbocycles. The molecule has 0 radical (unpaired) electrons. The van der Waals surface area contributed by atoms with E-state index in [2.05, 4.69) is 34.1 Å². The van der Waals surface area contributed by atoms with E-state index in [1.165, 1.54) is 0 Å². The number of aryl methyl sites for hydroxylation is 1. The molecule has 3 heterocycles. The maximum atomic E-state index is 9.56. The van der Waals surface area contributed by atoms with Crippen LogP contribution in [-0.4, -0.2) is 35.9 Å². The van der Waals surface area contributed by atoms with Crippen LogP contribution in [0.2, 0.25) is 0 Å². The Hall–Kier alpha value is -3.32. The van der Waals surface area contributed by atoms with Gasteiger partial charge in [0.2, 0.25) is 0 Å². The van der Waals surface area contributed by atoms with Crippen molar-refractivity contribution in [1.29, 1.82) is 0 Å².